The van der Waals surface area contributed by atoms with Crippen molar-refractivity contribution in [3.63, 3.8) is 0 Å². The summed E-state index contributed by atoms with van der Waals surface area (Å²) in [6, 6.07) is 31.4. The van der Waals surface area contributed by atoms with E-state index in [1.165, 1.54) is 22.3 Å². The van der Waals surface area contributed by atoms with Gasteiger partial charge in [-0.1, -0.05) is 66.7 Å². The topological polar surface area (TPSA) is 39.9 Å². The van der Waals surface area contributed by atoms with Gasteiger partial charge in [0.2, 0.25) is 0 Å². The molecule has 0 amide bonds. The summed E-state index contributed by atoms with van der Waals surface area (Å²) in [4.78, 5) is 6.69. The van der Waals surface area contributed by atoms with Gasteiger partial charge in [-0.25, -0.2) is 0 Å². The predicted octanol–water partition coefficient (Wildman–Crippen LogP) is 6.13. The van der Waals surface area contributed by atoms with E-state index in [9.17, 15) is 5.26 Å². The fourth-order valence-corrected chi connectivity index (χ4v) is 3.90. The molecule has 0 saturated carbocycles. The Morgan fingerprint density at radius 3 is 2.19 bits per heavy atom. The quantitative estimate of drug-likeness (QED) is 0.373. The van der Waals surface area contributed by atoms with Crippen molar-refractivity contribution in [2.75, 3.05) is 0 Å². The third-order valence-electron chi connectivity index (χ3n) is 5.42. The molecule has 0 saturated heterocycles. The number of nitrogens with zero attached hydrogens (tertiary/aromatic N) is 3. The molecule has 0 aliphatic heterocycles. The average Bonchev–Trinajstić information content (AvgIpc) is 2.81. The Bertz CT molecular complexity index is 1140. The van der Waals surface area contributed by atoms with E-state index in [1.807, 2.05) is 36.5 Å². The monoisotopic (exact) mass is 403 g/mol. The number of pyridine rings is 1. The van der Waals surface area contributed by atoms with Crippen molar-refractivity contribution in [1.29, 1.82) is 5.26 Å². The summed E-state index contributed by atoms with van der Waals surface area (Å²) < 4.78 is 0. The lowest BCUT2D eigenvalue weighted by atomic mass is 9.94. The molecule has 0 fully saturated rings. The van der Waals surface area contributed by atoms with Crippen LogP contribution in [-0.2, 0) is 19.6 Å². The van der Waals surface area contributed by atoms with Crippen LogP contribution in [0, 0.1) is 18.3 Å². The molecule has 152 valence electrons. The Labute approximate surface area is 184 Å². The summed E-state index contributed by atoms with van der Waals surface area (Å²) in [5, 5.41) is 9.67. The van der Waals surface area contributed by atoms with E-state index < -0.39 is 0 Å². The highest BCUT2D eigenvalue weighted by Gasteiger charge is 2.12. The summed E-state index contributed by atoms with van der Waals surface area (Å²) in [5.41, 5.74) is 7.65. The van der Waals surface area contributed by atoms with Gasteiger partial charge >= 0.3 is 0 Å². The molecule has 3 nitrogen and oxygen atoms in total. The number of aromatic nitrogens is 1. The van der Waals surface area contributed by atoms with Crippen LogP contribution in [0.15, 0.2) is 97.3 Å². The van der Waals surface area contributed by atoms with E-state index >= 15 is 0 Å². The smallest absolute Gasteiger partial charge is 0.0998 e. The molecule has 0 unspecified atom stereocenters. The number of hydrogen-bond acceptors (Lipinski definition) is 3. The van der Waals surface area contributed by atoms with Gasteiger partial charge in [0.15, 0.2) is 0 Å². The second-order valence-electron chi connectivity index (χ2n) is 7.80. The van der Waals surface area contributed by atoms with E-state index in [0.717, 1.165) is 30.8 Å². The van der Waals surface area contributed by atoms with Crippen LogP contribution in [0.2, 0.25) is 0 Å². The van der Waals surface area contributed by atoms with Crippen LogP contribution < -0.4 is 0 Å². The fraction of sp³-hybridized carbons (Fsp3) is 0.143. The average molecular weight is 404 g/mol. The largest absolute Gasteiger partial charge is 0.291 e. The molecule has 0 bridgehead atoms. The Morgan fingerprint density at radius 2 is 1.45 bits per heavy atom. The highest BCUT2D eigenvalue weighted by Crippen LogP contribution is 2.28. The Kier molecular flexibility index (Phi) is 6.52. The van der Waals surface area contributed by atoms with Crippen LogP contribution in [0.3, 0.4) is 0 Å². The van der Waals surface area contributed by atoms with Gasteiger partial charge in [-0.2, -0.15) is 5.26 Å². The summed E-state index contributed by atoms with van der Waals surface area (Å²) in [6.07, 6.45) is 3.73. The van der Waals surface area contributed by atoms with Gasteiger partial charge < -0.3 is 0 Å². The molecule has 1 heterocycles. The van der Waals surface area contributed by atoms with Crippen molar-refractivity contribution in [3.8, 4) is 17.2 Å². The Morgan fingerprint density at radius 1 is 0.742 bits per heavy atom. The minimum Gasteiger partial charge on any atom is -0.291 e. The first-order valence-electron chi connectivity index (χ1n) is 10.5. The zero-order valence-electron chi connectivity index (χ0n) is 17.7. The lowest BCUT2D eigenvalue weighted by molar-refractivity contribution is 0.247. The molecular weight excluding hydrogens is 378 g/mol. The Balaban J connectivity index is 1.65. The van der Waals surface area contributed by atoms with E-state index in [2.05, 4.69) is 77.5 Å². The van der Waals surface area contributed by atoms with Crippen LogP contribution >= 0.6 is 0 Å². The van der Waals surface area contributed by atoms with Crippen molar-refractivity contribution >= 4 is 0 Å². The van der Waals surface area contributed by atoms with Crippen LogP contribution in [0.1, 0.15) is 27.8 Å². The number of aryl methyl sites for hydroxylation is 1. The van der Waals surface area contributed by atoms with E-state index in [0.29, 0.717) is 5.56 Å². The van der Waals surface area contributed by atoms with Crippen LogP contribution in [-0.4, -0.2) is 9.88 Å². The second-order valence-corrected chi connectivity index (χ2v) is 7.80. The van der Waals surface area contributed by atoms with Crippen molar-refractivity contribution in [3.05, 3.63) is 125 Å². The SMILES string of the molecule is Cc1ccccc1-c1cc(CN(Cc2ccccc2)Cc2cccnc2)ccc1C#N. The minimum absolute atomic E-state index is 0.708. The van der Waals surface area contributed by atoms with E-state index in [1.54, 1.807) is 6.20 Å². The summed E-state index contributed by atoms with van der Waals surface area (Å²) in [5.74, 6) is 0. The number of rotatable bonds is 7. The van der Waals surface area contributed by atoms with Gasteiger partial charge in [0.05, 0.1) is 11.6 Å². The summed E-state index contributed by atoms with van der Waals surface area (Å²) in [6.45, 7) is 4.53. The van der Waals surface area contributed by atoms with Gasteiger partial charge in [-0.15, -0.1) is 0 Å². The highest BCUT2D eigenvalue weighted by atomic mass is 15.1. The zero-order chi connectivity index (χ0) is 21.5. The summed E-state index contributed by atoms with van der Waals surface area (Å²) >= 11 is 0. The molecule has 0 spiro atoms. The summed E-state index contributed by atoms with van der Waals surface area (Å²) in [7, 11) is 0. The van der Waals surface area contributed by atoms with Gasteiger partial charge in [0.25, 0.3) is 0 Å². The van der Waals surface area contributed by atoms with E-state index in [-0.39, 0.29) is 0 Å². The maximum absolute atomic E-state index is 9.67. The Hall–Kier alpha value is -3.74. The standard InChI is InChI=1S/C28H25N3/c1-22-8-5-6-12-27(22)28-16-24(13-14-26(28)17-29)20-31(19-23-9-3-2-4-10-23)21-25-11-7-15-30-18-25/h2-16,18H,19-21H2,1H3. The molecule has 4 rings (SSSR count). The van der Waals surface area contributed by atoms with Crippen LogP contribution in [0.5, 0.6) is 0 Å². The molecule has 4 aromatic rings. The normalized spacial score (nSPS) is 10.7. The fourth-order valence-electron chi connectivity index (χ4n) is 3.90. The first-order valence-corrected chi connectivity index (χ1v) is 10.5. The lowest BCUT2D eigenvalue weighted by Crippen LogP contribution is -2.22. The third kappa shape index (κ3) is 5.25. The zero-order valence-corrected chi connectivity index (χ0v) is 17.7. The third-order valence-corrected chi connectivity index (χ3v) is 5.42. The first-order chi connectivity index (χ1) is 15.2. The number of hydrogen-bond donors (Lipinski definition) is 0. The highest BCUT2D eigenvalue weighted by molar-refractivity contribution is 5.73. The molecule has 1 aromatic heterocycles. The molecule has 0 atom stereocenters. The lowest BCUT2D eigenvalue weighted by Gasteiger charge is -2.23. The molecule has 3 aromatic carbocycles. The molecule has 0 aliphatic carbocycles. The molecular formula is C28H25N3. The van der Waals surface area contributed by atoms with Gasteiger partial charge in [0, 0.05) is 37.6 Å². The number of nitriles is 1. The molecule has 0 radical (unpaired) electrons. The van der Waals surface area contributed by atoms with Crippen molar-refractivity contribution in [1.82, 2.24) is 9.88 Å². The molecule has 0 N–H and O–H groups in total. The molecule has 31 heavy (non-hydrogen) atoms. The second kappa shape index (κ2) is 9.84. The van der Waals surface area contributed by atoms with E-state index in [4.69, 9.17) is 0 Å². The van der Waals surface area contributed by atoms with Crippen molar-refractivity contribution < 1.29 is 0 Å². The first kappa shape index (κ1) is 20.5. The van der Waals surface area contributed by atoms with Crippen LogP contribution in [0.25, 0.3) is 11.1 Å². The number of benzene rings is 3. The maximum Gasteiger partial charge on any atom is 0.0998 e. The molecule has 0 aliphatic rings. The predicted molar refractivity (Wildman–Crippen MR) is 125 cm³/mol. The molecule has 3 heteroatoms. The van der Waals surface area contributed by atoms with Crippen LogP contribution in [0.4, 0.5) is 0 Å². The van der Waals surface area contributed by atoms with Crippen molar-refractivity contribution in [2.24, 2.45) is 0 Å². The van der Waals surface area contributed by atoms with Gasteiger partial charge in [0.1, 0.15) is 0 Å². The maximum atomic E-state index is 9.67. The van der Waals surface area contributed by atoms with Crippen molar-refractivity contribution in [2.45, 2.75) is 26.6 Å². The minimum atomic E-state index is 0.708. The van der Waals surface area contributed by atoms with Gasteiger partial charge in [-0.3, -0.25) is 9.88 Å². The van der Waals surface area contributed by atoms with Gasteiger partial charge in [-0.05, 0) is 52.9 Å².